The van der Waals surface area contributed by atoms with Gasteiger partial charge in [-0.25, -0.2) is 0 Å². The second-order valence-corrected chi connectivity index (χ2v) is 5.82. The maximum Gasteiger partial charge on any atom is -0.0129 e. The van der Waals surface area contributed by atoms with Crippen LogP contribution in [0.25, 0.3) is 0 Å². The Labute approximate surface area is 95.5 Å². The predicted molar refractivity (Wildman–Crippen MR) is 68.9 cm³/mol. The highest BCUT2D eigenvalue weighted by Crippen LogP contribution is 2.47. The van der Waals surface area contributed by atoms with Crippen molar-refractivity contribution < 1.29 is 0 Å². The standard InChI is InChI=1S/C15H26/c1-6-7-9-12(2)14-13(3)10-8-11-15(14,4)5/h6,13-14H,1-2,7-11H2,3-5H3/t13?,14-/m1/s1. The van der Waals surface area contributed by atoms with E-state index in [-0.39, 0.29) is 0 Å². The normalized spacial score (nSPS) is 29.8. The quantitative estimate of drug-likeness (QED) is 0.570. The van der Waals surface area contributed by atoms with Crippen LogP contribution in [0.1, 0.15) is 52.9 Å². The third-order valence-electron chi connectivity index (χ3n) is 4.00. The SMILES string of the molecule is C=CCCC(=C)[C@@H]1C(C)CCCC1(C)C. The summed E-state index contributed by atoms with van der Waals surface area (Å²) in [6.07, 6.45) is 8.33. The van der Waals surface area contributed by atoms with E-state index < -0.39 is 0 Å². The summed E-state index contributed by atoms with van der Waals surface area (Å²) in [4.78, 5) is 0. The molecular formula is C15H26. The monoisotopic (exact) mass is 206 g/mol. The zero-order valence-corrected chi connectivity index (χ0v) is 10.7. The van der Waals surface area contributed by atoms with Gasteiger partial charge in [0.2, 0.25) is 0 Å². The first-order valence-electron chi connectivity index (χ1n) is 6.27. The van der Waals surface area contributed by atoms with E-state index >= 15 is 0 Å². The maximum atomic E-state index is 4.31. The molecule has 0 amide bonds. The average molecular weight is 206 g/mol. The van der Waals surface area contributed by atoms with Gasteiger partial charge in [0.15, 0.2) is 0 Å². The molecular weight excluding hydrogens is 180 g/mol. The van der Waals surface area contributed by atoms with Crippen LogP contribution in [0, 0.1) is 17.3 Å². The fourth-order valence-corrected chi connectivity index (χ4v) is 3.37. The molecule has 0 saturated heterocycles. The summed E-state index contributed by atoms with van der Waals surface area (Å²) >= 11 is 0. The van der Waals surface area contributed by atoms with E-state index in [1.807, 2.05) is 6.08 Å². The van der Waals surface area contributed by atoms with E-state index in [1.165, 1.54) is 24.8 Å². The minimum absolute atomic E-state index is 0.454. The molecule has 0 radical (unpaired) electrons. The van der Waals surface area contributed by atoms with Gasteiger partial charge >= 0.3 is 0 Å². The molecule has 2 atom stereocenters. The van der Waals surface area contributed by atoms with Crippen LogP contribution in [0.3, 0.4) is 0 Å². The van der Waals surface area contributed by atoms with Crippen molar-refractivity contribution in [1.29, 1.82) is 0 Å². The van der Waals surface area contributed by atoms with E-state index in [2.05, 4.69) is 33.9 Å². The van der Waals surface area contributed by atoms with Gasteiger partial charge in [-0.05, 0) is 36.5 Å². The number of hydrogen-bond donors (Lipinski definition) is 0. The molecule has 0 heterocycles. The lowest BCUT2D eigenvalue weighted by atomic mass is 9.61. The van der Waals surface area contributed by atoms with Crippen molar-refractivity contribution in [3.05, 3.63) is 24.8 Å². The maximum absolute atomic E-state index is 4.31. The molecule has 0 aromatic carbocycles. The predicted octanol–water partition coefficient (Wildman–Crippen LogP) is 4.97. The second kappa shape index (κ2) is 5.01. The highest BCUT2D eigenvalue weighted by Gasteiger charge is 2.37. The van der Waals surface area contributed by atoms with Gasteiger partial charge in [0.05, 0.1) is 0 Å². The molecule has 1 aliphatic carbocycles. The van der Waals surface area contributed by atoms with Gasteiger partial charge in [0, 0.05) is 0 Å². The Balaban J connectivity index is 2.69. The molecule has 86 valence electrons. The largest absolute Gasteiger partial charge is 0.103 e. The van der Waals surface area contributed by atoms with Crippen molar-refractivity contribution in [2.45, 2.75) is 52.9 Å². The molecule has 0 aliphatic heterocycles. The van der Waals surface area contributed by atoms with Crippen LogP contribution >= 0.6 is 0 Å². The molecule has 0 aromatic rings. The highest BCUT2D eigenvalue weighted by molar-refractivity contribution is 5.09. The Morgan fingerprint density at radius 3 is 2.67 bits per heavy atom. The van der Waals surface area contributed by atoms with Crippen molar-refractivity contribution in [3.63, 3.8) is 0 Å². The summed E-state index contributed by atoms with van der Waals surface area (Å²) in [7, 11) is 0. The lowest BCUT2D eigenvalue weighted by molar-refractivity contribution is 0.111. The Kier molecular flexibility index (Phi) is 4.19. The molecule has 0 nitrogen and oxygen atoms in total. The molecule has 1 aliphatic rings. The Morgan fingerprint density at radius 2 is 2.13 bits per heavy atom. The lowest BCUT2D eigenvalue weighted by Gasteiger charge is -2.44. The molecule has 0 heteroatoms. The molecule has 0 aromatic heterocycles. The molecule has 1 unspecified atom stereocenters. The van der Waals surface area contributed by atoms with Crippen LogP contribution < -0.4 is 0 Å². The third-order valence-corrected chi connectivity index (χ3v) is 4.00. The van der Waals surface area contributed by atoms with Gasteiger partial charge < -0.3 is 0 Å². The minimum atomic E-state index is 0.454. The Bertz CT molecular complexity index is 234. The summed E-state index contributed by atoms with van der Waals surface area (Å²) in [6.45, 7) is 15.3. The van der Waals surface area contributed by atoms with Gasteiger partial charge in [-0.3, -0.25) is 0 Å². The topological polar surface area (TPSA) is 0 Å². The summed E-state index contributed by atoms with van der Waals surface area (Å²) < 4.78 is 0. The van der Waals surface area contributed by atoms with E-state index in [4.69, 9.17) is 0 Å². The fraction of sp³-hybridized carbons (Fsp3) is 0.733. The van der Waals surface area contributed by atoms with Crippen LogP contribution in [-0.2, 0) is 0 Å². The highest BCUT2D eigenvalue weighted by atomic mass is 14.4. The zero-order valence-electron chi connectivity index (χ0n) is 10.7. The summed E-state index contributed by atoms with van der Waals surface area (Å²) in [6, 6.07) is 0. The Morgan fingerprint density at radius 1 is 1.47 bits per heavy atom. The molecule has 0 spiro atoms. The molecule has 1 saturated carbocycles. The van der Waals surface area contributed by atoms with E-state index in [1.54, 1.807) is 0 Å². The van der Waals surface area contributed by atoms with Gasteiger partial charge in [-0.15, -0.1) is 6.58 Å². The van der Waals surface area contributed by atoms with Crippen LogP contribution in [0.15, 0.2) is 24.8 Å². The second-order valence-electron chi connectivity index (χ2n) is 5.82. The molecule has 0 bridgehead atoms. The smallest absolute Gasteiger partial charge is 0.0129 e. The van der Waals surface area contributed by atoms with E-state index in [0.29, 0.717) is 11.3 Å². The van der Waals surface area contributed by atoms with Crippen molar-refractivity contribution >= 4 is 0 Å². The average Bonchev–Trinajstić information content (AvgIpc) is 2.13. The van der Waals surface area contributed by atoms with Gasteiger partial charge in [0.25, 0.3) is 0 Å². The number of allylic oxidation sites excluding steroid dienone is 2. The minimum Gasteiger partial charge on any atom is -0.103 e. The van der Waals surface area contributed by atoms with E-state index in [9.17, 15) is 0 Å². The summed E-state index contributed by atoms with van der Waals surface area (Å²) in [5.74, 6) is 1.53. The molecule has 1 fully saturated rings. The van der Waals surface area contributed by atoms with E-state index in [0.717, 1.165) is 18.8 Å². The van der Waals surface area contributed by atoms with Crippen molar-refractivity contribution in [2.24, 2.45) is 17.3 Å². The van der Waals surface area contributed by atoms with Gasteiger partial charge in [0.1, 0.15) is 0 Å². The first kappa shape index (κ1) is 12.5. The molecule has 0 N–H and O–H groups in total. The summed E-state index contributed by atoms with van der Waals surface area (Å²) in [5, 5.41) is 0. The fourth-order valence-electron chi connectivity index (χ4n) is 3.37. The summed E-state index contributed by atoms with van der Waals surface area (Å²) in [5.41, 5.74) is 1.91. The zero-order chi connectivity index (χ0) is 11.5. The van der Waals surface area contributed by atoms with Gasteiger partial charge in [-0.2, -0.15) is 0 Å². The van der Waals surface area contributed by atoms with Crippen molar-refractivity contribution in [3.8, 4) is 0 Å². The third kappa shape index (κ3) is 2.96. The molecule has 15 heavy (non-hydrogen) atoms. The Hall–Kier alpha value is -0.520. The van der Waals surface area contributed by atoms with Crippen LogP contribution in [0.2, 0.25) is 0 Å². The first-order valence-corrected chi connectivity index (χ1v) is 6.27. The van der Waals surface area contributed by atoms with Crippen molar-refractivity contribution in [1.82, 2.24) is 0 Å². The van der Waals surface area contributed by atoms with Crippen LogP contribution in [0.4, 0.5) is 0 Å². The van der Waals surface area contributed by atoms with Crippen molar-refractivity contribution in [2.75, 3.05) is 0 Å². The molecule has 1 rings (SSSR count). The number of rotatable bonds is 4. The number of hydrogen-bond acceptors (Lipinski definition) is 0. The van der Waals surface area contributed by atoms with Crippen LogP contribution in [-0.4, -0.2) is 0 Å². The lowest BCUT2D eigenvalue weighted by Crippen LogP contribution is -2.34. The van der Waals surface area contributed by atoms with Crippen LogP contribution in [0.5, 0.6) is 0 Å². The first-order chi connectivity index (χ1) is 6.99. The van der Waals surface area contributed by atoms with Gasteiger partial charge in [-0.1, -0.05) is 51.8 Å².